The van der Waals surface area contributed by atoms with Gasteiger partial charge < -0.3 is 24.5 Å². The summed E-state index contributed by atoms with van der Waals surface area (Å²) in [6.45, 7) is 12.9. The SMILES string of the molecule is C=CCN1CC(=O)N2C(=CN(Cc3cccc(N4CC(N5CCN(CC)CC5)C4)n3)C(=O)[C@@H]2Cc2ccc(OP(=O)(O)O)cc2F)N1C(=O)NCc1ccccc1. The van der Waals surface area contributed by atoms with Crippen molar-refractivity contribution in [3.8, 4) is 5.75 Å². The first-order valence-corrected chi connectivity index (χ1v) is 20.5. The number of hydrogen-bond acceptors (Lipinski definition) is 10. The van der Waals surface area contributed by atoms with E-state index >= 15 is 4.39 Å². The summed E-state index contributed by atoms with van der Waals surface area (Å²) in [6, 6.07) is 16.7. The van der Waals surface area contributed by atoms with Gasteiger partial charge >= 0.3 is 13.9 Å². The number of hydrazine groups is 1. The van der Waals surface area contributed by atoms with Gasteiger partial charge in [-0.2, -0.15) is 5.01 Å². The van der Waals surface area contributed by atoms with Crippen LogP contribution in [0.15, 0.2) is 91.4 Å². The molecule has 1 atom stereocenters. The molecule has 0 unspecified atom stereocenters. The van der Waals surface area contributed by atoms with Crippen LogP contribution < -0.4 is 14.7 Å². The van der Waals surface area contributed by atoms with Crippen molar-refractivity contribution in [3.63, 3.8) is 0 Å². The quantitative estimate of drug-likeness (QED) is 0.171. The van der Waals surface area contributed by atoms with Gasteiger partial charge in [-0.25, -0.2) is 23.7 Å². The molecule has 16 nitrogen and oxygen atoms in total. The number of nitrogens with zero attached hydrogens (tertiary/aromatic N) is 8. The van der Waals surface area contributed by atoms with Crippen molar-refractivity contribution in [3.05, 3.63) is 114 Å². The Hall–Kier alpha value is -5.16. The number of amides is 4. The second-order valence-corrected chi connectivity index (χ2v) is 15.5. The van der Waals surface area contributed by atoms with Crippen LogP contribution in [0.2, 0.25) is 0 Å². The zero-order valence-electron chi connectivity index (χ0n) is 31.7. The number of anilines is 1. The van der Waals surface area contributed by atoms with E-state index in [0.717, 1.165) is 63.3 Å². The molecule has 4 amide bonds. The smallest absolute Gasteiger partial charge is 0.404 e. The number of likely N-dealkylation sites (N-methyl/N-ethyl adjacent to an activating group) is 1. The molecule has 18 heteroatoms. The minimum atomic E-state index is -4.97. The van der Waals surface area contributed by atoms with Gasteiger partial charge in [0.1, 0.15) is 23.4 Å². The number of phosphoric acid groups is 1. The van der Waals surface area contributed by atoms with Crippen molar-refractivity contribution >= 4 is 31.5 Å². The fourth-order valence-electron chi connectivity index (χ4n) is 7.63. The number of carbonyl (C=O) groups is 3. The van der Waals surface area contributed by atoms with Crippen molar-refractivity contribution in [2.45, 2.75) is 38.5 Å². The molecule has 0 radical (unpaired) electrons. The van der Waals surface area contributed by atoms with E-state index in [1.54, 1.807) is 12.1 Å². The number of halogens is 1. The summed E-state index contributed by atoms with van der Waals surface area (Å²) in [5.74, 6) is -1.49. The topological polar surface area (TPSA) is 166 Å². The number of pyridine rings is 1. The Morgan fingerprint density at radius 2 is 1.81 bits per heavy atom. The number of aromatic nitrogens is 1. The molecule has 302 valence electrons. The van der Waals surface area contributed by atoms with Gasteiger partial charge in [0.15, 0.2) is 5.82 Å². The maximum atomic E-state index is 15.6. The first kappa shape index (κ1) is 40.1. The van der Waals surface area contributed by atoms with Crippen LogP contribution in [0.1, 0.15) is 23.7 Å². The molecular weight excluding hydrogens is 756 g/mol. The standard InChI is InChI=1S/C39H47FN9O7P/c1-3-15-47-27-37(50)48-34(20-29-13-14-32(21-33(29)40)56-57(53,54)55)38(51)46(26-36(48)49(47)39(52)41-22-28-9-6-5-7-10-28)23-30-11-8-12-35(42-30)45-24-31(25-45)44-18-16-43(4-2)17-19-44/h3,5-14,21,26,31,34H,1,4,15-20,22-25,27H2,2H3,(H,41,52)(H2,53,54,55)/t34-/m0/s1. The average molecular weight is 804 g/mol. The second kappa shape index (κ2) is 17.1. The lowest BCUT2D eigenvalue weighted by Gasteiger charge is -2.49. The second-order valence-electron chi connectivity index (χ2n) is 14.4. The highest BCUT2D eigenvalue weighted by Crippen LogP contribution is 2.38. The van der Waals surface area contributed by atoms with E-state index in [0.29, 0.717) is 11.7 Å². The first-order chi connectivity index (χ1) is 27.4. The third-order valence-corrected chi connectivity index (χ3v) is 11.1. The predicted molar refractivity (Wildman–Crippen MR) is 208 cm³/mol. The van der Waals surface area contributed by atoms with Crippen molar-refractivity contribution in [1.29, 1.82) is 0 Å². The van der Waals surface area contributed by atoms with E-state index in [-0.39, 0.29) is 44.0 Å². The lowest BCUT2D eigenvalue weighted by Crippen LogP contribution is -2.67. The van der Waals surface area contributed by atoms with Crippen LogP contribution in [0.25, 0.3) is 0 Å². The fourth-order valence-corrected chi connectivity index (χ4v) is 8.02. The Bertz CT molecular complexity index is 2060. The number of rotatable bonds is 13. The molecule has 3 aromatic rings. The van der Waals surface area contributed by atoms with Crippen molar-refractivity contribution in [1.82, 2.24) is 39.9 Å². The summed E-state index contributed by atoms with van der Waals surface area (Å²) in [5, 5.41) is 5.73. The molecule has 0 saturated carbocycles. The van der Waals surface area contributed by atoms with Gasteiger partial charge in [-0.05, 0) is 35.9 Å². The summed E-state index contributed by atoms with van der Waals surface area (Å²) in [6.07, 6.45) is 2.68. The Labute approximate surface area is 330 Å². The molecule has 7 rings (SSSR count). The van der Waals surface area contributed by atoms with Gasteiger partial charge in [-0.1, -0.05) is 55.5 Å². The number of urea groups is 1. The molecule has 3 N–H and O–H groups in total. The maximum Gasteiger partial charge on any atom is 0.524 e. The van der Waals surface area contributed by atoms with Gasteiger partial charge in [0.05, 0.1) is 25.0 Å². The maximum absolute atomic E-state index is 15.6. The fraction of sp³-hybridized carbons (Fsp3) is 0.385. The van der Waals surface area contributed by atoms with Gasteiger partial charge in [0.2, 0.25) is 5.91 Å². The van der Waals surface area contributed by atoms with Gasteiger partial charge in [-0.3, -0.25) is 29.2 Å². The zero-order chi connectivity index (χ0) is 40.3. The number of carbonyl (C=O) groups excluding carboxylic acids is 3. The van der Waals surface area contributed by atoms with Crippen molar-refractivity contribution in [2.75, 3.05) is 63.8 Å². The summed E-state index contributed by atoms with van der Waals surface area (Å²) in [5.41, 5.74) is 1.40. The van der Waals surface area contributed by atoms with Crippen LogP contribution in [0, 0.1) is 5.82 Å². The number of hydrogen-bond donors (Lipinski definition) is 3. The number of fused-ring (bicyclic) bond motifs is 1. The molecule has 5 heterocycles. The zero-order valence-corrected chi connectivity index (χ0v) is 32.6. The molecule has 57 heavy (non-hydrogen) atoms. The summed E-state index contributed by atoms with van der Waals surface area (Å²) >= 11 is 0. The Balaban J connectivity index is 1.17. The first-order valence-electron chi connectivity index (χ1n) is 18.9. The number of nitrogens with one attached hydrogen (secondary N) is 1. The molecule has 2 aromatic carbocycles. The van der Waals surface area contributed by atoms with Gasteiger partial charge in [0.25, 0.3) is 5.91 Å². The normalized spacial score (nSPS) is 19.9. The molecule has 0 spiro atoms. The van der Waals surface area contributed by atoms with E-state index in [4.69, 9.17) is 4.98 Å². The summed E-state index contributed by atoms with van der Waals surface area (Å²) < 4.78 is 31.5. The van der Waals surface area contributed by atoms with Crippen molar-refractivity contribution < 1.29 is 37.6 Å². The highest BCUT2D eigenvalue weighted by Gasteiger charge is 2.47. The van der Waals surface area contributed by atoms with Crippen molar-refractivity contribution in [2.24, 2.45) is 0 Å². The van der Waals surface area contributed by atoms with Crippen LogP contribution in [-0.4, -0.2) is 133 Å². The molecular formula is C39H47FN9O7P. The molecule has 3 saturated heterocycles. The molecule has 1 aromatic heterocycles. The molecule has 0 bridgehead atoms. The van der Waals surface area contributed by atoms with Gasteiger partial charge in [-0.15, -0.1) is 6.58 Å². The predicted octanol–water partition coefficient (Wildman–Crippen LogP) is 2.73. The van der Waals surface area contributed by atoms with E-state index < -0.39 is 43.3 Å². The number of phosphoric ester groups is 1. The number of piperazine rings is 1. The largest absolute Gasteiger partial charge is 0.524 e. The van der Waals surface area contributed by atoms with Crippen LogP contribution >= 0.6 is 7.82 Å². The average Bonchev–Trinajstić information content (AvgIpc) is 3.16. The number of benzene rings is 2. The lowest BCUT2D eigenvalue weighted by atomic mass is 10.00. The Morgan fingerprint density at radius 3 is 2.49 bits per heavy atom. The Kier molecular flexibility index (Phi) is 12.0. The van der Waals surface area contributed by atoms with Crippen LogP contribution in [-0.2, 0) is 33.7 Å². The minimum Gasteiger partial charge on any atom is -0.404 e. The summed E-state index contributed by atoms with van der Waals surface area (Å²) in [7, 11) is -4.97. The third kappa shape index (κ3) is 9.20. The third-order valence-electron chi connectivity index (χ3n) is 10.6. The van der Waals surface area contributed by atoms with Crippen LogP contribution in [0.4, 0.5) is 15.0 Å². The van der Waals surface area contributed by atoms with E-state index in [9.17, 15) is 28.7 Å². The van der Waals surface area contributed by atoms with Gasteiger partial charge in [0, 0.05) is 70.9 Å². The minimum absolute atomic E-state index is 0.0105. The van der Waals surface area contributed by atoms with E-state index in [1.807, 2.05) is 42.5 Å². The molecule has 4 aliphatic heterocycles. The van der Waals surface area contributed by atoms with E-state index in [2.05, 4.69) is 38.0 Å². The lowest BCUT2D eigenvalue weighted by molar-refractivity contribution is -0.157. The van der Waals surface area contributed by atoms with E-state index in [1.165, 1.54) is 38.2 Å². The monoisotopic (exact) mass is 803 g/mol. The highest BCUT2D eigenvalue weighted by molar-refractivity contribution is 7.46. The molecule has 0 aliphatic carbocycles. The Morgan fingerprint density at radius 1 is 1.05 bits per heavy atom. The summed E-state index contributed by atoms with van der Waals surface area (Å²) in [4.78, 5) is 75.6. The van der Waals surface area contributed by atoms with Crippen LogP contribution in [0.3, 0.4) is 0 Å². The highest BCUT2D eigenvalue weighted by atomic mass is 31.2. The molecule has 4 aliphatic rings. The molecule has 3 fully saturated rings. The van der Waals surface area contributed by atoms with Crippen LogP contribution in [0.5, 0.6) is 5.75 Å².